The third kappa shape index (κ3) is 3.33. The molecule has 1 fully saturated rings. The first-order valence-electron chi connectivity index (χ1n) is 8.01. The topological polar surface area (TPSA) is 59.5 Å². The Balaban J connectivity index is 1.82. The predicted octanol–water partition coefficient (Wildman–Crippen LogP) is 3.29. The molecule has 0 N–H and O–H groups in total. The fourth-order valence-corrected chi connectivity index (χ4v) is 3.70. The van der Waals surface area contributed by atoms with E-state index in [1.807, 2.05) is 31.2 Å². The fraction of sp³-hybridized carbons (Fsp3) is 0.389. The highest BCUT2D eigenvalue weighted by molar-refractivity contribution is 7.13. The minimum Gasteiger partial charge on any atom is -0.467 e. The van der Waals surface area contributed by atoms with Crippen molar-refractivity contribution in [1.82, 2.24) is 9.88 Å². The van der Waals surface area contributed by atoms with Crippen molar-refractivity contribution in [2.24, 2.45) is 0 Å². The molecule has 3 rings (SSSR count). The van der Waals surface area contributed by atoms with Gasteiger partial charge in [0.05, 0.1) is 7.11 Å². The summed E-state index contributed by atoms with van der Waals surface area (Å²) in [5.41, 5.74) is 2.57. The number of rotatable bonds is 3. The molecule has 2 aromatic rings. The standard InChI is InChI=1S/C18H20N2O3S/c1-12-6-8-13(9-7-12)16-19-14(11-24-16)17(21)20-10-4-3-5-15(20)18(22)23-2/h6-9,11,15H,3-5,10H2,1-2H3. The highest BCUT2D eigenvalue weighted by atomic mass is 32.1. The van der Waals surface area contributed by atoms with Gasteiger partial charge in [-0.3, -0.25) is 4.79 Å². The maximum Gasteiger partial charge on any atom is 0.328 e. The van der Waals surface area contributed by atoms with Gasteiger partial charge >= 0.3 is 5.97 Å². The number of methoxy groups -OCH3 is 1. The monoisotopic (exact) mass is 344 g/mol. The van der Waals surface area contributed by atoms with Gasteiger partial charge in [-0.05, 0) is 26.2 Å². The summed E-state index contributed by atoms with van der Waals surface area (Å²) in [6, 6.07) is 7.55. The van der Waals surface area contributed by atoms with Crippen molar-refractivity contribution in [3.05, 3.63) is 40.9 Å². The molecule has 0 spiro atoms. The number of ether oxygens (including phenoxy) is 1. The second-order valence-electron chi connectivity index (χ2n) is 5.94. The van der Waals surface area contributed by atoms with Gasteiger partial charge in [-0.25, -0.2) is 9.78 Å². The Morgan fingerprint density at radius 2 is 2.00 bits per heavy atom. The Morgan fingerprint density at radius 1 is 1.25 bits per heavy atom. The molecule has 1 aliphatic heterocycles. The van der Waals surface area contributed by atoms with Crippen molar-refractivity contribution in [2.45, 2.75) is 32.2 Å². The summed E-state index contributed by atoms with van der Waals surface area (Å²) >= 11 is 1.44. The van der Waals surface area contributed by atoms with E-state index >= 15 is 0 Å². The number of hydrogen-bond donors (Lipinski definition) is 0. The number of thiazole rings is 1. The number of aryl methyl sites for hydroxylation is 1. The molecule has 126 valence electrons. The van der Waals surface area contributed by atoms with Crippen LogP contribution in [0.25, 0.3) is 10.6 Å². The smallest absolute Gasteiger partial charge is 0.328 e. The number of piperidine rings is 1. The highest BCUT2D eigenvalue weighted by Crippen LogP contribution is 2.26. The molecular weight excluding hydrogens is 324 g/mol. The van der Waals surface area contributed by atoms with Gasteiger partial charge in [0.25, 0.3) is 5.91 Å². The van der Waals surface area contributed by atoms with Gasteiger partial charge in [0.2, 0.25) is 0 Å². The zero-order chi connectivity index (χ0) is 17.1. The molecule has 0 saturated carbocycles. The molecule has 6 heteroatoms. The molecule has 0 bridgehead atoms. The van der Waals surface area contributed by atoms with Crippen LogP contribution in [0.5, 0.6) is 0 Å². The molecule has 24 heavy (non-hydrogen) atoms. The molecule has 2 heterocycles. The maximum absolute atomic E-state index is 12.8. The molecule has 0 radical (unpaired) electrons. The molecule has 1 atom stereocenters. The van der Waals surface area contributed by atoms with E-state index in [-0.39, 0.29) is 11.9 Å². The number of carbonyl (C=O) groups excluding carboxylic acids is 2. The first kappa shape index (κ1) is 16.6. The van der Waals surface area contributed by atoms with E-state index in [1.54, 1.807) is 10.3 Å². The van der Waals surface area contributed by atoms with E-state index in [9.17, 15) is 9.59 Å². The van der Waals surface area contributed by atoms with Crippen LogP contribution in [0.1, 0.15) is 35.3 Å². The van der Waals surface area contributed by atoms with Gasteiger partial charge in [0.1, 0.15) is 16.7 Å². The van der Waals surface area contributed by atoms with Crippen LogP contribution in [0, 0.1) is 6.92 Å². The number of esters is 1. The molecule has 1 unspecified atom stereocenters. The normalized spacial score (nSPS) is 17.6. The molecule has 1 amide bonds. The summed E-state index contributed by atoms with van der Waals surface area (Å²) in [6.45, 7) is 2.60. The Bertz CT molecular complexity index is 739. The number of nitrogens with zero attached hydrogens (tertiary/aromatic N) is 2. The third-order valence-corrected chi connectivity index (χ3v) is 5.15. The number of amides is 1. The molecule has 1 aromatic heterocycles. The lowest BCUT2D eigenvalue weighted by molar-refractivity contribution is -0.147. The van der Waals surface area contributed by atoms with Crippen molar-refractivity contribution >= 4 is 23.2 Å². The predicted molar refractivity (Wildman–Crippen MR) is 93.0 cm³/mol. The first-order chi connectivity index (χ1) is 11.6. The molecular formula is C18H20N2O3S. The van der Waals surface area contributed by atoms with Gasteiger partial charge in [-0.15, -0.1) is 11.3 Å². The van der Waals surface area contributed by atoms with Crippen LogP contribution < -0.4 is 0 Å². The van der Waals surface area contributed by atoms with Crippen LogP contribution in [-0.4, -0.2) is 41.5 Å². The fourth-order valence-electron chi connectivity index (χ4n) is 2.90. The van der Waals surface area contributed by atoms with Crippen molar-refractivity contribution in [2.75, 3.05) is 13.7 Å². The molecule has 1 saturated heterocycles. The average Bonchev–Trinajstić information content (AvgIpc) is 3.11. The molecule has 1 aromatic carbocycles. The second-order valence-corrected chi connectivity index (χ2v) is 6.80. The summed E-state index contributed by atoms with van der Waals surface area (Å²) in [4.78, 5) is 30.8. The average molecular weight is 344 g/mol. The minimum absolute atomic E-state index is 0.195. The lowest BCUT2D eigenvalue weighted by Crippen LogP contribution is -2.48. The summed E-state index contributed by atoms with van der Waals surface area (Å²) in [5, 5.41) is 2.57. The summed E-state index contributed by atoms with van der Waals surface area (Å²) < 4.78 is 4.84. The summed E-state index contributed by atoms with van der Waals surface area (Å²) in [6.07, 6.45) is 2.47. The zero-order valence-corrected chi connectivity index (χ0v) is 14.6. The largest absolute Gasteiger partial charge is 0.467 e. The van der Waals surface area contributed by atoms with Gasteiger partial charge in [-0.1, -0.05) is 29.8 Å². The maximum atomic E-state index is 12.8. The van der Waals surface area contributed by atoms with Crippen LogP contribution >= 0.6 is 11.3 Å². The zero-order valence-electron chi connectivity index (χ0n) is 13.8. The Hall–Kier alpha value is -2.21. The Kier molecular flexibility index (Phi) is 4.94. The van der Waals surface area contributed by atoms with Crippen molar-refractivity contribution in [3.63, 3.8) is 0 Å². The van der Waals surface area contributed by atoms with E-state index in [0.29, 0.717) is 18.7 Å². The van der Waals surface area contributed by atoms with E-state index in [2.05, 4.69) is 4.98 Å². The quantitative estimate of drug-likeness (QED) is 0.802. The summed E-state index contributed by atoms with van der Waals surface area (Å²) in [7, 11) is 1.36. The lowest BCUT2D eigenvalue weighted by atomic mass is 10.0. The van der Waals surface area contributed by atoms with Crippen molar-refractivity contribution < 1.29 is 14.3 Å². The first-order valence-corrected chi connectivity index (χ1v) is 8.89. The van der Waals surface area contributed by atoms with Crippen LogP contribution in [0.3, 0.4) is 0 Å². The number of carbonyl (C=O) groups is 2. The van der Waals surface area contributed by atoms with E-state index in [4.69, 9.17) is 4.74 Å². The SMILES string of the molecule is COC(=O)C1CCCCN1C(=O)c1csc(-c2ccc(C)cc2)n1. The third-order valence-electron chi connectivity index (χ3n) is 4.26. The summed E-state index contributed by atoms with van der Waals surface area (Å²) in [5.74, 6) is -0.545. The van der Waals surface area contributed by atoms with Crippen LogP contribution in [0.15, 0.2) is 29.6 Å². The van der Waals surface area contributed by atoms with E-state index in [1.165, 1.54) is 24.0 Å². The second kappa shape index (κ2) is 7.13. The minimum atomic E-state index is -0.499. The lowest BCUT2D eigenvalue weighted by Gasteiger charge is -2.33. The van der Waals surface area contributed by atoms with Crippen molar-refractivity contribution in [1.29, 1.82) is 0 Å². The number of likely N-dealkylation sites (tertiary alicyclic amines) is 1. The van der Waals surface area contributed by atoms with Crippen molar-refractivity contribution in [3.8, 4) is 10.6 Å². The van der Waals surface area contributed by atoms with Crippen LogP contribution in [0.2, 0.25) is 0 Å². The molecule has 0 aliphatic carbocycles. The Morgan fingerprint density at radius 3 is 2.71 bits per heavy atom. The van der Waals surface area contributed by atoms with Crippen LogP contribution in [0.4, 0.5) is 0 Å². The number of aromatic nitrogens is 1. The number of hydrogen-bond acceptors (Lipinski definition) is 5. The molecule has 1 aliphatic rings. The Labute approximate surface area is 145 Å². The molecule has 5 nitrogen and oxygen atoms in total. The number of benzene rings is 1. The van der Waals surface area contributed by atoms with Gasteiger partial charge in [0.15, 0.2) is 0 Å². The van der Waals surface area contributed by atoms with E-state index in [0.717, 1.165) is 23.4 Å². The highest BCUT2D eigenvalue weighted by Gasteiger charge is 2.34. The van der Waals surface area contributed by atoms with Crippen LogP contribution in [-0.2, 0) is 9.53 Å². The van der Waals surface area contributed by atoms with Gasteiger partial charge in [0, 0.05) is 17.5 Å². The van der Waals surface area contributed by atoms with E-state index < -0.39 is 6.04 Å². The van der Waals surface area contributed by atoms with Gasteiger partial charge in [-0.2, -0.15) is 0 Å². The van der Waals surface area contributed by atoms with Gasteiger partial charge < -0.3 is 9.64 Å².